The molecule has 0 spiro atoms. The van der Waals surface area contributed by atoms with Gasteiger partial charge in [-0.05, 0) is 38.0 Å². The van der Waals surface area contributed by atoms with Gasteiger partial charge in [-0.25, -0.2) is 4.98 Å². The predicted molar refractivity (Wildman–Crippen MR) is 116 cm³/mol. The van der Waals surface area contributed by atoms with E-state index in [1.807, 2.05) is 49.4 Å². The summed E-state index contributed by atoms with van der Waals surface area (Å²) in [5, 5.41) is 3.36. The smallest absolute Gasteiger partial charge is 0.232 e. The van der Waals surface area contributed by atoms with Crippen molar-refractivity contribution in [3.63, 3.8) is 0 Å². The molecular weight excluding hydrogens is 408 g/mol. The van der Waals surface area contributed by atoms with Gasteiger partial charge in [-0.15, -0.1) is 0 Å². The molecule has 1 aromatic heterocycles. The number of benzene rings is 2. The Morgan fingerprint density at radius 3 is 2.59 bits per heavy atom. The van der Waals surface area contributed by atoms with Crippen LogP contribution in [0.25, 0.3) is 11.5 Å². The number of halogens is 1. The number of hydrogen-bond acceptors (Lipinski definition) is 4. The van der Waals surface area contributed by atoms with Crippen molar-refractivity contribution in [2.75, 3.05) is 12.3 Å². The molecule has 0 fully saturated rings. The highest BCUT2D eigenvalue weighted by molar-refractivity contribution is 7.84. The molecule has 0 radical (unpaired) electrons. The van der Waals surface area contributed by atoms with Gasteiger partial charge in [0.15, 0.2) is 0 Å². The molecular formula is C22H23ClN2O3S. The van der Waals surface area contributed by atoms with Gasteiger partial charge >= 0.3 is 0 Å². The minimum absolute atomic E-state index is 0.0678. The lowest BCUT2D eigenvalue weighted by molar-refractivity contribution is -0.118. The zero-order valence-electron chi connectivity index (χ0n) is 16.4. The van der Waals surface area contributed by atoms with E-state index in [-0.39, 0.29) is 17.4 Å². The van der Waals surface area contributed by atoms with Crippen LogP contribution in [0.15, 0.2) is 52.9 Å². The van der Waals surface area contributed by atoms with Crippen molar-refractivity contribution in [2.45, 2.75) is 26.0 Å². The van der Waals surface area contributed by atoms with Gasteiger partial charge in [0.05, 0.1) is 22.0 Å². The van der Waals surface area contributed by atoms with Gasteiger partial charge in [0.25, 0.3) is 0 Å². The Labute approximate surface area is 178 Å². The topological polar surface area (TPSA) is 72.2 Å². The summed E-state index contributed by atoms with van der Waals surface area (Å²) in [4.78, 5) is 16.5. The van der Waals surface area contributed by atoms with Crippen molar-refractivity contribution < 1.29 is 13.4 Å². The molecule has 0 unspecified atom stereocenters. The monoisotopic (exact) mass is 430 g/mol. The van der Waals surface area contributed by atoms with Crippen LogP contribution in [-0.2, 0) is 27.8 Å². The Balaban J connectivity index is 1.50. The molecule has 1 amide bonds. The molecule has 0 bridgehead atoms. The van der Waals surface area contributed by atoms with Crippen molar-refractivity contribution >= 4 is 28.3 Å². The maximum absolute atomic E-state index is 12.4. The van der Waals surface area contributed by atoms with E-state index in [1.54, 1.807) is 13.0 Å². The number of nitrogens with zero attached hydrogens (tertiary/aromatic N) is 1. The van der Waals surface area contributed by atoms with Gasteiger partial charge in [0.2, 0.25) is 11.8 Å². The Morgan fingerprint density at radius 1 is 1.14 bits per heavy atom. The lowest BCUT2D eigenvalue weighted by Crippen LogP contribution is -2.30. The van der Waals surface area contributed by atoms with Crippen LogP contribution >= 0.6 is 11.6 Å². The van der Waals surface area contributed by atoms with Crippen LogP contribution in [0, 0.1) is 13.8 Å². The number of carbonyl (C=O) groups excluding carboxylic acids is 1. The summed E-state index contributed by atoms with van der Waals surface area (Å²) in [7, 11) is -1.38. The zero-order chi connectivity index (χ0) is 20.8. The summed E-state index contributed by atoms with van der Waals surface area (Å²) in [6.07, 6.45) is 0.738. The summed E-state index contributed by atoms with van der Waals surface area (Å²) in [6, 6.07) is 15.4. The molecule has 0 aliphatic heterocycles. The van der Waals surface area contributed by atoms with Crippen LogP contribution in [-0.4, -0.2) is 27.4 Å². The second kappa shape index (κ2) is 9.85. The summed E-state index contributed by atoms with van der Waals surface area (Å²) in [5.74, 6) is 0.825. The quantitative estimate of drug-likeness (QED) is 0.580. The maximum atomic E-state index is 12.4. The molecule has 0 saturated heterocycles. The fraction of sp³-hybridized carbons (Fsp3) is 0.273. The summed E-state index contributed by atoms with van der Waals surface area (Å²) < 4.78 is 18.1. The third kappa shape index (κ3) is 6.02. The molecule has 1 N–H and O–H groups in total. The highest BCUT2D eigenvalue weighted by Crippen LogP contribution is 2.28. The van der Waals surface area contributed by atoms with E-state index < -0.39 is 10.8 Å². The first-order chi connectivity index (χ1) is 13.9. The number of nitrogens with one attached hydrogen (secondary N) is 1. The van der Waals surface area contributed by atoms with Gasteiger partial charge in [-0.3, -0.25) is 9.00 Å². The number of hydrogen-bond donors (Lipinski definition) is 1. The normalized spacial score (nSPS) is 12.0. The Morgan fingerprint density at radius 2 is 1.86 bits per heavy atom. The highest BCUT2D eigenvalue weighted by Gasteiger charge is 2.17. The Kier molecular flexibility index (Phi) is 7.23. The summed E-state index contributed by atoms with van der Waals surface area (Å²) in [6.45, 7) is 4.31. The minimum atomic E-state index is -1.38. The van der Waals surface area contributed by atoms with E-state index in [9.17, 15) is 9.00 Å². The zero-order valence-corrected chi connectivity index (χ0v) is 18.0. The second-order valence-corrected chi connectivity index (χ2v) is 8.68. The SMILES string of the molecule is Cc1ccc(CCNC(=O)C[S@](=O)Cc2nc(-c3ccccc3Cl)oc2C)cc1. The van der Waals surface area contributed by atoms with Crippen LogP contribution in [0.1, 0.15) is 22.6 Å². The Hall–Kier alpha value is -2.44. The van der Waals surface area contributed by atoms with Crippen molar-refractivity contribution in [1.82, 2.24) is 10.3 Å². The average molecular weight is 431 g/mol. The van der Waals surface area contributed by atoms with Crippen molar-refractivity contribution in [1.29, 1.82) is 0 Å². The largest absolute Gasteiger partial charge is 0.441 e. The fourth-order valence-corrected chi connectivity index (χ4v) is 4.10. The lowest BCUT2D eigenvalue weighted by Gasteiger charge is -2.05. The van der Waals surface area contributed by atoms with Crippen molar-refractivity contribution in [2.24, 2.45) is 0 Å². The van der Waals surface area contributed by atoms with Gasteiger partial charge in [-0.1, -0.05) is 53.6 Å². The molecule has 1 heterocycles. The molecule has 3 aromatic rings. The molecule has 0 aliphatic carbocycles. The van der Waals surface area contributed by atoms with E-state index in [4.69, 9.17) is 16.0 Å². The third-order valence-electron chi connectivity index (χ3n) is 4.44. The van der Waals surface area contributed by atoms with E-state index in [2.05, 4.69) is 10.3 Å². The van der Waals surface area contributed by atoms with Crippen LogP contribution in [0.3, 0.4) is 0 Å². The second-order valence-electron chi connectivity index (χ2n) is 6.82. The predicted octanol–water partition coefficient (Wildman–Crippen LogP) is 4.22. The Bertz CT molecular complexity index is 1020. The first kappa shape index (κ1) is 21.3. The van der Waals surface area contributed by atoms with Crippen LogP contribution in [0.5, 0.6) is 0 Å². The number of carbonyl (C=O) groups is 1. The van der Waals surface area contributed by atoms with Gasteiger partial charge in [0.1, 0.15) is 11.5 Å². The number of rotatable bonds is 8. The highest BCUT2D eigenvalue weighted by atomic mass is 35.5. The number of aryl methyl sites for hydroxylation is 2. The molecule has 1 atom stereocenters. The molecule has 5 nitrogen and oxygen atoms in total. The standard InChI is InChI=1S/C22H23ClN2O3S/c1-15-7-9-17(10-8-15)11-12-24-21(26)14-29(27)13-20-16(2)28-22(25-20)18-5-3-4-6-19(18)23/h3-10H,11-14H2,1-2H3,(H,24,26)/t29-/m1/s1. The summed E-state index contributed by atoms with van der Waals surface area (Å²) >= 11 is 6.18. The lowest BCUT2D eigenvalue weighted by atomic mass is 10.1. The molecule has 29 heavy (non-hydrogen) atoms. The molecule has 2 aromatic carbocycles. The third-order valence-corrected chi connectivity index (χ3v) is 5.95. The van der Waals surface area contributed by atoms with E-state index in [0.717, 1.165) is 12.0 Å². The molecule has 3 rings (SSSR count). The minimum Gasteiger partial charge on any atom is -0.441 e. The van der Waals surface area contributed by atoms with Gasteiger partial charge < -0.3 is 9.73 Å². The van der Waals surface area contributed by atoms with Crippen molar-refractivity contribution in [3.8, 4) is 11.5 Å². The van der Waals surface area contributed by atoms with E-state index in [0.29, 0.717) is 34.5 Å². The average Bonchev–Trinajstić information content (AvgIpc) is 3.03. The van der Waals surface area contributed by atoms with Crippen LogP contribution in [0.4, 0.5) is 0 Å². The summed E-state index contributed by atoms with van der Waals surface area (Å²) in [5.41, 5.74) is 3.62. The van der Waals surface area contributed by atoms with Crippen LogP contribution < -0.4 is 5.32 Å². The number of aromatic nitrogens is 1. The van der Waals surface area contributed by atoms with E-state index in [1.165, 1.54) is 5.56 Å². The molecule has 0 aliphatic rings. The first-order valence-electron chi connectivity index (χ1n) is 9.31. The van der Waals surface area contributed by atoms with E-state index >= 15 is 0 Å². The molecule has 7 heteroatoms. The number of amides is 1. The first-order valence-corrected chi connectivity index (χ1v) is 11.2. The maximum Gasteiger partial charge on any atom is 0.232 e. The number of oxazole rings is 1. The molecule has 0 saturated carbocycles. The van der Waals surface area contributed by atoms with Gasteiger partial charge in [0, 0.05) is 17.3 Å². The van der Waals surface area contributed by atoms with Crippen LogP contribution in [0.2, 0.25) is 5.02 Å². The fourth-order valence-electron chi connectivity index (χ4n) is 2.81. The van der Waals surface area contributed by atoms with Crippen molar-refractivity contribution in [3.05, 3.63) is 76.1 Å². The molecule has 152 valence electrons. The van der Waals surface area contributed by atoms with Gasteiger partial charge in [-0.2, -0.15) is 0 Å².